The third-order valence-electron chi connectivity index (χ3n) is 1.70. The van der Waals surface area contributed by atoms with Gasteiger partial charge in [-0.1, -0.05) is 24.3 Å². The Labute approximate surface area is 85.7 Å². The zero-order chi connectivity index (χ0) is 10.7. The molecule has 0 aliphatic heterocycles. The van der Waals surface area contributed by atoms with E-state index in [-0.39, 0.29) is 16.4 Å². The molecule has 0 radical (unpaired) electrons. The summed E-state index contributed by atoms with van der Waals surface area (Å²) in [6.07, 6.45) is 1.51. The lowest BCUT2D eigenvalue weighted by Crippen LogP contribution is -1.90. The van der Waals surface area contributed by atoms with Crippen molar-refractivity contribution in [3.05, 3.63) is 39.4 Å². The highest BCUT2D eigenvalue weighted by atomic mass is 35.5. The molecule has 14 heavy (non-hydrogen) atoms. The largest absolute Gasteiger partial charge is 0.290 e. The van der Waals surface area contributed by atoms with Gasteiger partial charge in [0.15, 0.2) is 0 Å². The molecule has 0 aliphatic carbocycles. The Bertz CT molecular complexity index is 416. The van der Waals surface area contributed by atoms with Gasteiger partial charge in [-0.05, 0) is 12.8 Å². The van der Waals surface area contributed by atoms with Crippen LogP contribution in [0.3, 0.4) is 0 Å². The highest BCUT2D eigenvalue weighted by Crippen LogP contribution is 2.36. The normalized spacial score (nSPS) is 9.50. The van der Waals surface area contributed by atoms with Crippen molar-refractivity contribution in [3.63, 3.8) is 0 Å². The zero-order valence-electron chi connectivity index (χ0n) is 7.24. The molecule has 0 atom stereocenters. The van der Waals surface area contributed by atoms with Crippen molar-refractivity contribution < 1.29 is 4.92 Å². The third-order valence-corrected chi connectivity index (χ3v) is 2.07. The molecule has 0 spiro atoms. The second kappa shape index (κ2) is 4.02. The molecule has 0 saturated heterocycles. The van der Waals surface area contributed by atoms with Gasteiger partial charge in [-0.15, -0.1) is 0 Å². The number of nitro benzene ring substituents is 1. The van der Waals surface area contributed by atoms with Gasteiger partial charge in [-0.2, -0.15) is 0 Å². The van der Waals surface area contributed by atoms with E-state index < -0.39 is 4.92 Å². The van der Waals surface area contributed by atoms with Crippen LogP contribution in [0.25, 0.3) is 6.08 Å². The number of nitro groups is 1. The second-order valence-electron chi connectivity index (χ2n) is 2.46. The van der Waals surface area contributed by atoms with E-state index in [2.05, 4.69) is 18.3 Å². The van der Waals surface area contributed by atoms with Crippen molar-refractivity contribution in [1.29, 1.82) is 0 Å². The van der Waals surface area contributed by atoms with Gasteiger partial charge in [0.1, 0.15) is 5.02 Å². The van der Waals surface area contributed by atoms with Crippen LogP contribution in [0.2, 0.25) is 5.02 Å². The maximum atomic E-state index is 10.5. The van der Waals surface area contributed by atoms with Crippen molar-refractivity contribution in [3.8, 4) is 0 Å². The topological polar surface area (TPSA) is 55.5 Å². The number of nitrogens with zero attached hydrogens (tertiary/aromatic N) is 2. The van der Waals surface area contributed by atoms with Crippen molar-refractivity contribution in [1.82, 2.24) is 0 Å². The lowest BCUT2D eigenvalue weighted by molar-refractivity contribution is -0.384. The Morgan fingerprint density at radius 1 is 1.57 bits per heavy atom. The minimum absolute atomic E-state index is 0.0117. The fourth-order valence-electron chi connectivity index (χ4n) is 1.04. The quantitative estimate of drug-likeness (QED) is 0.437. The molecule has 1 aromatic rings. The SMILES string of the molecule is C=Cc1ccc([N+](=O)[O-])c(Cl)c1N=C. The smallest absolute Gasteiger partial charge is 0.262 e. The first-order valence-electron chi connectivity index (χ1n) is 3.68. The Balaban J connectivity index is 3.49. The summed E-state index contributed by atoms with van der Waals surface area (Å²) in [6, 6.07) is 2.84. The van der Waals surface area contributed by atoms with Crippen LogP contribution in [0.15, 0.2) is 23.7 Å². The molecule has 0 fully saturated rings. The minimum Gasteiger partial charge on any atom is -0.262 e. The van der Waals surface area contributed by atoms with Crippen LogP contribution in [0, 0.1) is 10.1 Å². The summed E-state index contributed by atoms with van der Waals surface area (Å²) in [4.78, 5) is 13.6. The van der Waals surface area contributed by atoms with E-state index in [0.29, 0.717) is 5.56 Å². The monoisotopic (exact) mass is 210 g/mol. The summed E-state index contributed by atoms with van der Waals surface area (Å²) in [5.41, 5.74) is 0.728. The zero-order valence-corrected chi connectivity index (χ0v) is 7.99. The molecule has 72 valence electrons. The van der Waals surface area contributed by atoms with Gasteiger partial charge in [-0.3, -0.25) is 15.1 Å². The van der Waals surface area contributed by atoms with Crippen LogP contribution in [0.1, 0.15) is 5.56 Å². The first-order chi connectivity index (χ1) is 6.61. The Morgan fingerprint density at radius 2 is 2.21 bits per heavy atom. The van der Waals surface area contributed by atoms with E-state index >= 15 is 0 Å². The van der Waals surface area contributed by atoms with Crippen LogP contribution in [-0.2, 0) is 0 Å². The van der Waals surface area contributed by atoms with Gasteiger partial charge in [0.25, 0.3) is 5.69 Å². The molecule has 0 aliphatic rings. The van der Waals surface area contributed by atoms with Gasteiger partial charge in [0.2, 0.25) is 0 Å². The van der Waals surface area contributed by atoms with Crippen LogP contribution in [0.4, 0.5) is 11.4 Å². The van der Waals surface area contributed by atoms with Gasteiger partial charge in [0, 0.05) is 11.6 Å². The fourth-order valence-corrected chi connectivity index (χ4v) is 1.34. The van der Waals surface area contributed by atoms with Gasteiger partial charge in [-0.25, -0.2) is 0 Å². The maximum absolute atomic E-state index is 10.5. The molecule has 4 nitrogen and oxygen atoms in total. The van der Waals surface area contributed by atoms with Crippen molar-refractivity contribution >= 4 is 35.8 Å². The molecule has 0 saturated carbocycles. The van der Waals surface area contributed by atoms with Crippen LogP contribution >= 0.6 is 11.6 Å². The highest BCUT2D eigenvalue weighted by Gasteiger charge is 2.17. The van der Waals surface area contributed by atoms with Crippen molar-refractivity contribution in [2.45, 2.75) is 0 Å². The molecule has 0 bridgehead atoms. The molecule has 0 aromatic heterocycles. The second-order valence-corrected chi connectivity index (χ2v) is 2.83. The molecule has 0 amide bonds. The summed E-state index contributed by atoms with van der Waals surface area (Å²) in [6.45, 7) is 6.83. The number of hydrogen-bond donors (Lipinski definition) is 0. The van der Waals surface area contributed by atoms with E-state index in [9.17, 15) is 10.1 Å². The lowest BCUT2D eigenvalue weighted by Gasteiger charge is -2.02. The number of aliphatic imine (C=N–C) groups is 1. The molecule has 0 unspecified atom stereocenters. The van der Waals surface area contributed by atoms with E-state index in [4.69, 9.17) is 11.6 Å². The molecular formula is C9H7ClN2O2. The number of benzene rings is 1. The summed E-state index contributed by atoms with van der Waals surface area (Å²) in [5.74, 6) is 0. The number of halogens is 1. The standard InChI is InChI=1S/C9H7ClN2O2/c1-3-6-4-5-7(12(13)14)8(10)9(6)11-2/h3-5H,1-2H2. The molecular weight excluding hydrogens is 204 g/mol. The number of rotatable bonds is 3. The fraction of sp³-hybridized carbons (Fsp3) is 0. The highest BCUT2D eigenvalue weighted by molar-refractivity contribution is 6.35. The molecule has 5 heteroatoms. The average Bonchev–Trinajstić information content (AvgIpc) is 2.16. The summed E-state index contributed by atoms with van der Waals surface area (Å²) >= 11 is 5.76. The predicted molar refractivity (Wildman–Crippen MR) is 57.4 cm³/mol. The molecule has 0 N–H and O–H groups in total. The first kappa shape index (κ1) is 10.4. The van der Waals surface area contributed by atoms with E-state index in [1.54, 1.807) is 0 Å². The summed E-state index contributed by atoms with van der Waals surface area (Å²) in [7, 11) is 0. The van der Waals surface area contributed by atoms with Gasteiger partial charge in [0.05, 0.1) is 10.6 Å². The minimum atomic E-state index is -0.566. The predicted octanol–water partition coefficient (Wildman–Crippen LogP) is 3.22. The first-order valence-corrected chi connectivity index (χ1v) is 4.05. The molecule has 1 aromatic carbocycles. The van der Waals surface area contributed by atoms with Crippen molar-refractivity contribution in [2.24, 2.45) is 4.99 Å². The van der Waals surface area contributed by atoms with E-state index in [1.807, 2.05) is 0 Å². The van der Waals surface area contributed by atoms with Crippen molar-refractivity contribution in [2.75, 3.05) is 0 Å². The van der Waals surface area contributed by atoms with Crippen LogP contribution in [-0.4, -0.2) is 11.6 Å². The summed E-state index contributed by atoms with van der Waals surface area (Å²) < 4.78 is 0. The van der Waals surface area contributed by atoms with Gasteiger partial charge >= 0.3 is 0 Å². The maximum Gasteiger partial charge on any atom is 0.290 e. The Kier molecular flexibility index (Phi) is 2.99. The Morgan fingerprint density at radius 3 is 2.64 bits per heavy atom. The van der Waals surface area contributed by atoms with Crippen LogP contribution in [0.5, 0.6) is 0 Å². The van der Waals surface area contributed by atoms with Crippen LogP contribution < -0.4 is 0 Å². The summed E-state index contributed by atoms with van der Waals surface area (Å²) in [5, 5.41) is 10.5. The lowest BCUT2D eigenvalue weighted by atomic mass is 10.1. The number of hydrogen-bond acceptors (Lipinski definition) is 3. The van der Waals surface area contributed by atoms with E-state index in [0.717, 1.165) is 0 Å². The average molecular weight is 211 g/mol. The Hall–Kier alpha value is -1.68. The van der Waals surface area contributed by atoms with E-state index in [1.165, 1.54) is 18.2 Å². The molecule has 0 heterocycles. The molecule has 1 rings (SSSR count). The van der Waals surface area contributed by atoms with Gasteiger partial charge < -0.3 is 0 Å². The third kappa shape index (κ3) is 1.65.